The molecule has 1 saturated heterocycles. The molecule has 1 fully saturated rings. The molecule has 4 nitrogen and oxygen atoms in total. The molecular weight excluding hydrogens is 284 g/mol. The molecule has 0 aliphatic carbocycles. The van der Waals surface area contributed by atoms with Gasteiger partial charge in [-0.2, -0.15) is 5.26 Å². The van der Waals surface area contributed by atoms with Gasteiger partial charge in [0.15, 0.2) is 0 Å². The van der Waals surface area contributed by atoms with Gasteiger partial charge in [0.25, 0.3) is 0 Å². The molecular formula is C19H18N4. The van der Waals surface area contributed by atoms with Crippen molar-refractivity contribution < 1.29 is 0 Å². The zero-order chi connectivity index (χ0) is 15.6. The molecule has 1 aliphatic heterocycles. The van der Waals surface area contributed by atoms with Gasteiger partial charge in [0.1, 0.15) is 0 Å². The van der Waals surface area contributed by atoms with Gasteiger partial charge < -0.3 is 15.6 Å². The molecule has 4 heteroatoms. The van der Waals surface area contributed by atoms with Crippen molar-refractivity contribution in [3.63, 3.8) is 0 Å². The standard InChI is InChI=1S/C19H18N4/c20-9-13-2-1-3-14(6-13)15-7-16-10-22-12-18(16)19(8-15)23-17-4-5-21-11-17/h1-3,6-8,10,12,17,21-23H,4-5,11H2. The van der Waals surface area contributed by atoms with Crippen LogP contribution in [0.4, 0.5) is 5.69 Å². The molecule has 1 aliphatic rings. The molecule has 114 valence electrons. The molecule has 0 spiro atoms. The predicted octanol–water partition coefficient (Wildman–Crippen LogP) is 3.48. The van der Waals surface area contributed by atoms with Gasteiger partial charge >= 0.3 is 0 Å². The summed E-state index contributed by atoms with van der Waals surface area (Å²) in [7, 11) is 0. The van der Waals surface area contributed by atoms with Gasteiger partial charge in [-0.05, 0) is 48.4 Å². The predicted molar refractivity (Wildman–Crippen MR) is 93.3 cm³/mol. The number of H-pyrrole nitrogens is 1. The van der Waals surface area contributed by atoms with Crippen molar-refractivity contribution in [2.45, 2.75) is 12.5 Å². The Bertz CT molecular complexity index is 882. The second-order valence-electron chi connectivity index (χ2n) is 6.01. The van der Waals surface area contributed by atoms with Gasteiger partial charge in [0.2, 0.25) is 0 Å². The highest BCUT2D eigenvalue weighted by Gasteiger charge is 2.16. The Labute approximate surface area is 135 Å². The lowest BCUT2D eigenvalue weighted by Crippen LogP contribution is -2.22. The molecule has 1 unspecified atom stereocenters. The Kier molecular flexibility index (Phi) is 3.49. The SMILES string of the molecule is N#Cc1cccc(-c2cc(NC3CCNC3)c3c[nH]cc3c2)c1. The van der Waals surface area contributed by atoms with Crippen molar-refractivity contribution in [3.8, 4) is 17.2 Å². The van der Waals surface area contributed by atoms with E-state index in [1.165, 1.54) is 10.8 Å². The van der Waals surface area contributed by atoms with E-state index >= 15 is 0 Å². The molecule has 1 atom stereocenters. The second kappa shape index (κ2) is 5.79. The fraction of sp³-hybridized carbons (Fsp3) is 0.211. The number of nitrogens with one attached hydrogen (secondary N) is 3. The molecule has 2 aromatic carbocycles. The van der Waals surface area contributed by atoms with E-state index in [-0.39, 0.29) is 0 Å². The van der Waals surface area contributed by atoms with E-state index in [4.69, 9.17) is 5.26 Å². The zero-order valence-corrected chi connectivity index (χ0v) is 12.8. The van der Waals surface area contributed by atoms with E-state index in [2.05, 4.69) is 39.9 Å². The third-order valence-corrected chi connectivity index (χ3v) is 4.42. The fourth-order valence-corrected chi connectivity index (χ4v) is 3.22. The van der Waals surface area contributed by atoms with E-state index in [0.717, 1.165) is 36.3 Å². The average molecular weight is 302 g/mol. The number of benzene rings is 2. The lowest BCUT2D eigenvalue weighted by Gasteiger charge is -2.15. The van der Waals surface area contributed by atoms with Crippen molar-refractivity contribution in [3.05, 3.63) is 54.4 Å². The highest BCUT2D eigenvalue weighted by atomic mass is 15.0. The van der Waals surface area contributed by atoms with Crippen LogP contribution >= 0.6 is 0 Å². The summed E-state index contributed by atoms with van der Waals surface area (Å²) in [5, 5.41) is 18.6. The van der Waals surface area contributed by atoms with Gasteiger partial charge in [-0.15, -0.1) is 0 Å². The summed E-state index contributed by atoms with van der Waals surface area (Å²) in [5.74, 6) is 0. The summed E-state index contributed by atoms with van der Waals surface area (Å²) < 4.78 is 0. The first-order valence-electron chi connectivity index (χ1n) is 7.92. The minimum absolute atomic E-state index is 0.466. The fourth-order valence-electron chi connectivity index (χ4n) is 3.22. The van der Waals surface area contributed by atoms with Gasteiger partial charge in [0, 0.05) is 41.4 Å². The molecule has 0 saturated carbocycles. The maximum atomic E-state index is 9.12. The zero-order valence-electron chi connectivity index (χ0n) is 12.8. The Morgan fingerprint density at radius 1 is 1.13 bits per heavy atom. The van der Waals surface area contributed by atoms with E-state index in [0.29, 0.717) is 11.6 Å². The first kappa shape index (κ1) is 13.9. The smallest absolute Gasteiger partial charge is 0.0991 e. The summed E-state index contributed by atoms with van der Waals surface area (Å²) in [6.45, 7) is 2.07. The Balaban J connectivity index is 1.79. The van der Waals surface area contributed by atoms with E-state index < -0.39 is 0 Å². The van der Waals surface area contributed by atoms with Crippen LogP contribution in [0.1, 0.15) is 12.0 Å². The number of nitrogens with zero attached hydrogens (tertiary/aromatic N) is 1. The molecule has 0 radical (unpaired) electrons. The number of hydrogen-bond acceptors (Lipinski definition) is 3. The molecule has 1 aromatic heterocycles. The van der Waals surface area contributed by atoms with Gasteiger partial charge in [-0.25, -0.2) is 0 Å². The largest absolute Gasteiger partial charge is 0.380 e. The summed E-state index contributed by atoms with van der Waals surface area (Å²) >= 11 is 0. The average Bonchev–Trinajstić information content (AvgIpc) is 3.26. The quantitative estimate of drug-likeness (QED) is 0.694. The van der Waals surface area contributed by atoms with E-state index in [9.17, 15) is 0 Å². The number of anilines is 1. The minimum atomic E-state index is 0.466. The molecule has 4 rings (SSSR count). The topological polar surface area (TPSA) is 63.6 Å². The van der Waals surface area contributed by atoms with Crippen molar-refractivity contribution in [1.82, 2.24) is 10.3 Å². The number of rotatable bonds is 3. The Morgan fingerprint density at radius 2 is 2.09 bits per heavy atom. The third kappa shape index (κ3) is 2.67. The number of aromatic nitrogens is 1. The van der Waals surface area contributed by atoms with Crippen LogP contribution in [0.3, 0.4) is 0 Å². The van der Waals surface area contributed by atoms with Crippen LogP contribution in [-0.4, -0.2) is 24.1 Å². The van der Waals surface area contributed by atoms with Crippen LogP contribution in [0.2, 0.25) is 0 Å². The van der Waals surface area contributed by atoms with Crippen LogP contribution in [-0.2, 0) is 0 Å². The number of fused-ring (bicyclic) bond motifs is 1. The summed E-state index contributed by atoms with van der Waals surface area (Å²) in [6.07, 6.45) is 5.20. The molecule has 3 aromatic rings. The lowest BCUT2D eigenvalue weighted by molar-refractivity contribution is 0.794. The molecule has 2 heterocycles. The van der Waals surface area contributed by atoms with Crippen molar-refractivity contribution in [2.75, 3.05) is 18.4 Å². The van der Waals surface area contributed by atoms with Crippen LogP contribution in [0, 0.1) is 11.3 Å². The number of nitriles is 1. The normalized spacial score (nSPS) is 17.3. The first-order chi connectivity index (χ1) is 11.3. The molecule has 3 N–H and O–H groups in total. The summed E-state index contributed by atoms with van der Waals surface area (Å²) in [6, 6.07) is 14.8. The second-order valence-corrected chi connectivity index (χ2v) is 6.01. The van der Waals surface area contributed by atoms with Crippen LogP contribution in [0.15, 0.2) is 48.8 Å². The van der Waals surface area contributed by atoms with Crippen LogP contribution < -0.4 is 10.6 Å². The Hall–Kier alpha value is -2.77. The van der Waals surface area contributed by atoms with Crippen molar-refractivity contribution >= 4 is 16.5 Å². The van der Waals surface area contributed by atoms with Crippen LogP contribution in [0.25, 0.3) is 21.9 Å². The number of aromatic amines is 1. The van der Waals surface area contributed by atoms with Crippen molar-refractivity contribution in [2.24, 2.45) is 0 Å². The summed E-state index contributed by atoms with van der Waals surface area (Å²) in [5.41, 5.74) is 4.03. The van der Waals surface area contributed by atoms with E-state index in [1.54, 1.807) is 0 Å². The summed E-state index contributed by atoms with van der Waals surface area (Å²) in [4.78, 5) is 3.20. The van der Waals surface area contributed by atoms with Crippen LogP contribution in [0.5, 0.6) is 0 Å². The molecule has 0 amide bonds. The van der Waals surface area contributed by atoms with Gasteiger partial charge in [0.05, 0.1) is 11.6 Å². The van der Waals surface area contributed by atoms with Crippen molar-refractivity contribution in [1.29, 1.82) is 5.26 Å². The molecule has 0 bridgehead atoms. The third-order valence-electron chi connectivity index (χ3n) is 4.42. The maximum Gasteiger partial charge on any atom is 0.0991 e. The first-order valence-corrected chi connectivity index (χ1v) is 7.92. The minimum Gasteiger partial charge on any atom is -0.380 e. The highest BCUT2D eigenvalue weighted by molar-refractivity contribution is 5.97. The van der Waals surface area contributed by atoms with Gasteiger partial charge in [-0.1, -0.05) is 12.1 Å². The monoisotopic (exact) mass is 302 g/mol. The van der Waals surface area contributed by atoms with E-state index in [1.807, 2.05) is 30.6 Å². The Morgan fingerprint density at radius 3 is 2.91 bits per heavy atom. The van der Waals surface area contributed by atoms with Gasteiger partial charge in [-0.3, -0.25) is 0 Å². The lowest BCUT2D eigenvalue weighted by atomic mass is 10.00. The molecule has 23 heavy (non-hydrogen) atoms. The highest BCUT2D eigenvalue weighted by Crippen LogP contribution is 2.32. The maximum absolute atomic E-state index is 9.12. The number of hydrogen-bond donors (Lipinski definition) is 3.